The SMILES string of the molecule is CC(C)(C)ON(C=O)C(CC=O)SC(c1ccccc1)(c1ccccc1)c1ccccc1. The molecule has 166 valence electrons. The van der Waals surface area contributed by atoms with Gasteiger partial charge in [-0.3, -0.25) is 9.63 Å². The van der Waals surface area contributed by atoms with Crippen LogP contribution in [0.3, 0.4) is 0 Å². The van der Waals surface area contributed by atoms with Crippen LogP contribution < -0.4 is 0 Å². The molecule has 1 atom stereocenters. The molecule has 0 radical (unpaired) electrons. The second-order valence-corrected chi connectivity index (χ2v) is 9.82. The number of hydrogen-bond donors (Lipinski definition) is 0. The number of carbonyl (C=O) groups is 2. The van der Waals surface area contributed by atoms with Gasteiger partial charge in [-0.25, -0.2) is 5.06 Å². The van der Waals surface area contributed by atoms with Gasteiger partial charge in [-0.15, -0.1) is 11.8 Å². The first-order chi connectivity index (χ1) is 15.4. The minimum atomic E-state index is -0.667. The maximum atomic E-state index is 12.1. The van der Waals surface area contributed by atoms with Crippen LogP contribution in [0.25, 0.3) is 0 Å². The summed E-state index contributed by atoms with van der Waals surface area (Å²) in [6.45, 7) is 5.64. The Hall–Kier alpha value is -2.89. The van der Waals surface area contributed by atoms with Gasteiger partial charge in [0.1, 0.15) is 11.7 Å². The predicted molar refractivity (Wildman–Crippen MR) is 130 cm³/mol. The van der Waals surface area contributed by atoms with Crippen molar-refractivity contribution in [3.05, 3.63) is 108 Å². The summed E-state index contributed by atoms with van der Waals surface area (Å²) >= 11 is 1.53. The first-order valence-corrected chi connectivity index (χ1v) is 11.5. The van der Waals surface area contributed by atoms with E-state index in [-0.39, 0.29) is 6.42 Å². The number of hydrogen-bond acceptors (Lipinski definition) is 4. The third-order valence-electron chi connectivity index (χ3n) is 4.92. The lowest BCUT2D eigenvalue weighted by atomic mass is 9.84. The number of hydroxylamine groups is 2. The molecule has 1 unspecified atom stereocenters. The summed E-state index contributed by atoms with van der Waals surface area (Å²) in [6.07, 6.45) is 1.64. The fourth-order valence-electron chi connectivity index (χ4n) is 3.68. The van der Waals surface area contributed by atoms with Crippen molar-refractivity contribution >= 4 is 24.5 Å². The van der Waals surface area contributed by atoms with Gasteiger partial charge in [-0.1, -0.05) is 91.0 Å². The van der Waals surface area contributed by atoms with Crippen molar-refractivity contribution in [1.29, 1.82) is 0 Å². The molecule has 3 rings (SSSR count). The number of rotatable bonds is 10. The van der Waals surface area contributed by atoms with E-state index < -0.39 is 15.7 Å². The Bertz CT molecular complexity index is 891. The molecule has 0 heterocycles. The van der Waals surface area contributed by atoms with Gasteiger partial charge < -0.3 is 4.79 Å². The Labute approximate surface area is 194 Å². The van der Waals surface area contributed by atoms with E-state index in [0.717, 1.165) is 23.0 Å². The predicted octanol–water partition coefficient (Wildman–Crippen LogP) is 5.82. The van der Waals surface area contributed by atoms with E-state index >= 15 is 0 Å². The van der Waals surface area contributed by atoms with Gasteiger partial charge in [0.15, 0.2) is 0 Å². The molecule has 0 saturated carbocycles. The highest BCUT2D eigenvalue weighted by molar-refractivity contribution is 8.01. The Morgan fingerprint density at radius 3 is 1.50 bits per heavy atom. The van der Waals surface area contributed by atoms with Gasteiger partial charge in [-0.05, 0) is 37.5 Å². The smallest absolute Gasteiger partial charge is 0.234 e. The monoisotopic (exact) mass is 447 g/mol. The van der Waals surface area contributed by atoms with Crippen molar-refractivity contribution < 1.29 is 14.4 Å². The molecule has 0 fully saturated rings. The van der Waals surface area contributed by atoms with Crippen LogP contribution in [0.2, 0.25) is 0 Å². The molecule has 5 heteroatoms. The van der Waals surface area contributed by atoms with Crippen molar-refractivity contribution in [2.75, 3.05) is 0 Å². The molecule has 3 aromatic carbocycles. The van der Waals surface area contributed by atoms with Gasteiger partial charge in [0, 0.05) is 6.42 Å². The summed E-state index contributed by atoms with van der Waals surface area (Å²) in [5.74, 6) is 0. The largest absolute Gasteiger partial charge is 0.303 e. The number of amides is 1. The second kappa shape index (κ2) is 10.6. The highest BCUT2D eigenvalue weighted by Crippen LogP contribution is 2.51. The summed E-state index contributed by atoms with van der Waals surface area (Å²) in [6, 6.07) is 30.5. The van der Waals surface area contributed by atoms with Crippen molar-refractivity contribution in [3.63, 3.8) is 0 Å². The molecule has 3 aromatic rings. The Kier molecular flexibility index (Phi) is 7.89. The van der Waals surface area contributed by atoms with E-state index in [1.54, 1.807) is 0 Å². The van der Waals surface area contributed by atoms with E-state index in [0.29, 0.717) is 6.41 Å². The van der Waals surface area contributed by atoms with E-state index in [2.05, 4.69) is 36.4 Å². The van der Waals surface area contributed by atoms with E-state index in [9.17, 15) is 9.59 Å². The summed E-state index contributed by atoms with van der Waals surface area (Å²) in [5.41, 5.74) is 2.58. The molecule has 4 nitrogen and oxygen atoms in total. The van der Waals surface area contributed by atoms with Crippen LogP contribution in [0.4, 0.5) is 0 Å². The third-order valence-corrected chi connectivity index (χ3v) is 6.65. The molecule has 0 aliphatic rings. The minimum Gasteiger partial charge on any atom is -0.303 e. The first kappa shape index (κ1) is 23.8. The van der Waals surface area contributed by atoms with Crippen molar-refractivity contribution in [2.45, 2.75) is 42.9 Å². The van der Waals surface area contributed by atoms with Gasteiger partial charge >= 0.3 is 0 Å². The second-order valence-electron chi connectivity index (χ2n) is 8.42. The zero-order valence-electron chi connectivity index (χ0n) is 18.7. The number of nitrogens with zero attached hydrogens (tertiary/aromatic N) is 1. The van der Waals surface area contributed by atoms with Crippen LogP contribution >= 0.6 is 11.8 Å². The summed E-state index contributed by atoms with van der Waals surface area (Å²) < 4.78 is -0.667. The maximum absolute atomic E-state index is 12.1. The number of carbonyl (C=O) groups excluding carboxylic acids is 2. The Morgan fingerprint density at radius 1 is 0.781 bits per heavy atom. The average molecular weight is 448 g/mol. The molecule has 0 bridgehead atoms. The molecule has 0 saturated heterocycles. The maximum Gasteiger partial charge on any atom is 0.234 e. The summed E-state index contributed by atoms with van der Waals surface area (Å²) in [7, 11) is 0. The Morgan fingerprint density at radius 2 is 1.19 bits per heavy atom. The fraction of sp³-hybridized carbons (Fsp3) is 0.259. The van der Waals surface area contributed by atoms with Gasteiger partial charge in [0.2, 0.25) is 6.41 Å². The summed E-state index contributed by atoms with van der Waals surface area (Å²) in [4.78, 5) is 29.7. The molecule has 1 amide bonds. The lowest BCUT2D eigenvalue weighted by Crippen LogP contribution is -2.42. The van der Waals surface area contributed by atoms with Crippen LogP contribution in [0, 0.1) is 0 Å². The molecule has 0 spiro atoms. The normalized spacial score (nSPS) is 12.7. The van der Waals surface area contributed by atoms with Gasteiger partial charge in [0.25, 0.3) is 0 Å². The zero-order chi connectivity index (χ0) is 23.0. The topological polar surface area (TPSA) is 46.6 Å². The third kappa shape index (κ3) is 5.47. The van der Waals surface area contributed by atoms with Crippen LogP contribution in [0.5, 0.6) is 0 Å². The fourth-order valence-corrected chi connectivity index (χ4v) is 5.27. The molecular formula is C27H29NO3S. The van der Waals surface area contributed by atoms with Crippen LogP contribution in [-0.2, 0) is 19.2 Å². The lowest BCUT2D eigenvalue weighted by Gasteiger charge is -2.41. The van der Waals surface area contributed by atoms with Crippen LogP contribution in [0.1, 0.15) is 43.9 Å². The molecule has 0 aromatic heterocycles. The van der Waals surface area contributed by atoms with Gasteiger partial charge in [0.05, 0.1) is 10.3 Å². The van der Waals surface area contributed by atoms with Gasteiger partial charge in [-0.2, -0.15) is 0 Å². The summed E-state index contributed by atoms with van der Waals surface area (Å²) in [5, 5.41) is 0.743. The molecular weight excluding hydrogens is 418 g/mol. The van der Waals surface area contributed by atoms with Crippen LogP contribution in [-0.4, -0.2) is 28.7 Å². The quantitative estimate of drug-likeness (QED) is 0.170. The lowest BCUT2D eigenvalue weighted by molar-refractivity contribution is -0.220. The highest BCUT2D eigenvalue weighted by Gasteiger charge is 2.41. The average Bonchev–Trinajstić information content (AvgIpc) is 2.81. The van der Waals surface area contributed by atoms with Crippen LogP contribution in [0.15, 0.2) is 91.0 Å². The van der Waals surface area contributed by atoms with Crippen molar-refractivity contribution in [2.24, 2.45) is 0 Å². The number of benzene rings is 3. The molecule has 0 aliphatic carbocycles. The van der Waals surface area contributed by atoms with E-state index in [1.165, 1.54) is 16.8 Å². The van der Waals surface area contributed by atoms with Crippen molar-refractivity contribution in [3.8, 4) is 0 Å². The number of thioether (sulfide) groups is 1. The standard InChI is InChI=1S/C27H29NO3S/c1-26(2,3)31-28(21-30)25(19-20-29)32-27(22-13-7-4-8-14-22,23-15-9-5-10-16-23)24-17-11-6-12-18-24/h4-18,20-21,25H,19H2,1-3H3. The molecule has 0 N–H and O–H groups in total. The molecule has 0 aliphatic heterocycles. The Balaban J connectivity index is 2.23. The van der Waals surface area contributed by atoms with E-state index in [1.807, 2.05) is 75.4 Å². The van der Waals surface area contributed by atoms with E-state index in [4.69, 9.17) is 4.84 Å². The van der Waals surface area contributed by atoms with Crippen molar-refractivity contribution in [1.82, 2.24) is 5.06 Å². The zero-order valence-corrected chi connectivity index (χ0v) is 19.5. The minimum absolute atomic E-state index is 0.133. The highest BCUT2D eigenvalue weighted by atomic mass is 32.2. The molecule has 32 heavy (non-hydrogen) atoms. The number of aldehydes is 1. The first-order valence-electron chi connectivity index (χ1n) is 10.6.